The Bertz CT molecular complexity index is 369. The predicted octanol–water partition coefficient (Wildman–Crippen LogP) is 0.968. The third-order valence-electron chi connectivity index (χ3n) is 2.40. The molecule has 94 valence electrons. The van der Waals surface area contributed by atoms with Crippen LogP contribution in [-0.2, 0) is 0 Å². The molecule has 0 saturated carbocycles. The van der Waals surface area contributed by atoms with Crippen molar-refractivity contribution >= 4 is 11.7 Å². The lowest BCUT2D eigenvalue weighted by molar-refractivity contribution is 0.0732. The quantitative estimate of drug-likeness (QED) is 0.773. The lowest BCUT2D eigenvalue weighted by Crippen LogP contribution is -2.33. The minimum Gasteiger partial charge on any atom is -0.395 e. The van der Waals surface area contributed by atoms with Crippen molar-refractivity contribution in [3.05, 3.63) is 23.9 Å². The molecule has 0 aliphatic heterocycles. The highest BCUT2D eigenvalue weighted by Gasteiger charge is 2.13. The number of aliphatic hydroxyl groups excluding tert-OH is 1. The lowest BCUT2D eigenvalue weighted by Gasteiger charge is -2.19. The number of aliphatic hydroxyl groups is 1. The van der Waals surface area contributed by atoms with Crippen LogP contribution in [0.3, 0.4) is 0 Å². The molecule has 0 bridgehead atoms. The molecule has 0 aliphatic carbocycles. The van der Waals surface area contributed by atoms with E-state index in [-0.39, 0.29) is 12.5 Å². The Hall–Kier alpha value is -1.62. The summed E-state index contributed by atoms with van der Waals surface area (Å²) in [5.41, 5.74) is 0.589. The van der Waals surface area contributed by atoms with Crippen LogP contribution in [0.2, 0.25) is 0 Å². The summed E-state index contributed by atoms with van der Waals surface area (Å²) in [5, 5.41) is 11.9. The number of hydrogen-bond acceptors (Lipinski definition) is 4. The molecule has 1 heterocycles. The zero-order valence-electron chi connectivity index (χ0n) is 10.3. The highest BCUT2D eigenvalue weighted by atomic mass is 16.3. The van der Waals surface area contributed by atoms with Crippen LogP contribution in [0.4, 0.5) is 5.82 Å². The molecule has 1 amide bonds. The summed E-state index contributed by atoms with van der Waals surface area (Å²) < 4.78 is 0. The van der Waals surface area contributed by atoms with Gasteiger partial charge in [0.1, 0.15) is 5.82 Å². The first-order valence-electron chi connectivity index (χ1n) is 5.83. The Morgan fingerprint density at radius 2 is 2.29 bits per heavy atom. The second-order valence-electron chi connectivity index (χ2n) is 3.57. The highest BCUT2D eigenvalue weighted by Crippen LogP contribution is 2.09. The molecule has 1 aromatic heterocycles. The van der Waals surface area contributed by atoms with Crippen LogP contribution in [0.1, 0.15) is 24.2 Å². The van der Waals surface area contributed by atoms with Crippen molar-refractivity contribution in [3.8, 4) is 0 Å². The minimum absolute atomic E-state index is 0.0231. The van der Waals surface area contributed by atoms with Crippen LogP contribution < -0.4 is 5.32 Å². The molecule has 5 heteroatoms. The largest absolute Gasteiger partial charge is 0.395 e. The van der Waals surface area contributed by atoms with Gasteiger partial charge in [-0.05, 0) is 26.0 Å². The summed E-state index contributed by atoms with van der Waals surface area (Å²) in [6, 6.07) is 3.41. The number of rotatable bonds is 6. The van der Waals surface area contributed by atoms with Gasteiger partial charge in [-0.3, -0.25) is 4.79 Å². The number of aromatic nitrogens is 1. The molecule has 0 aromatic carbocycles. The van der Waals surface area contributed by atoms with E-state index < -0.39 is 0 Å². The van der Waals surface area contributed by atoms with Crippen molar-refractivity contribution in [1.82, 2.24) is 9.88 Å². The normalized spacial score (nSPS) is 10.1. The van der Waals surface area contributed by atoms with Crippen LogP contribution in [0.5, 0.6) is 0 Å². The number of pyridine rings is 1. The molecule has 1 aromatic rings. The number of anilines is 1. The summed E-state index contributed by atoms with van der Waals surface area (Å²) in [5.74, 6) is 0.613. The van der Waals surface area contributed by atoms with Gasteiger partial charge in [0.15, 0.2) is 0 Å². The fourth-order valence-electron chi connectivity index (χ4n) is 1.55. The minimum atomic E-state index is -0.0805. The third kappa shape index (κ3) is 3.71. The van der Waals surface area contributed by atoms with E-state index in [9.17, 15) is 4.79 Å². The number of likely N-dealkylation sites (N-methyl/N-ethyl adjacent to an activating group) is 1. The van der Waals surface area contributed by atoms with Crippen molar-refractivity contribution in [2.24, 2.45) is 0 Å². The molecule has 1 rings (SSSR count). The molecular weight excluding hydrogens is 218 g/mol. The molecule has 5 nitrogen and oxygen atoms in total. The number of carbonyl (C=O) groups is 1. The van der Waals surface area contributed by atoms with E-state index in [1.165, 1.54) is 0 Å². The second kappa shape index (κ2) is 6.85. The van der Waals surface area contributed by atoms with E-state index >= 15 is 0 Å². The Kier molecular flexibility index (Phi) is 5.42. The maximum Gasteiger partial charge on any atom is 0.254 e. The van der Waals surface area contributed by atoms with Gasteiger partial charge in [0.2, 0.25) is 0 Å². The molecule has 0 radical (unpaired) electrons. The maximum atomic E-state index is 12.1. The van der Waals surface area contributed by atoms with Crippen LogP contribution >= 0.6 is 0 Å². The van der Waals surface area contributed by atoms with E-state index in [1.807, 2.05) is 13.8 Å². The first-order valence-corrected chi connectivity index (χ1v) is 5.83. The standard InChI is InChI=1S/C12H19N3O2/c1-3-13-11-9-10(5-6-14-11)12(17)15(4-2)7-8-16/h5-6,9,16H,3-4,7-8H2,1-2H3,(H,13,14). The monoisotopic (exact) mass is 237 g/mol. The Balaban J connectivity index is 2.83. The Labute approximate surface area is 101 Å². The molecular formula is C12H19N3O2. The number of nitrogens with zero attached hydrogens (tertiary/aromatic N) is 2. The van der Waals surface area contributed by atoms with Crippen molar-refractivity contribution in [2.75, 3.05) is 31.6 Å². The molecule has 2 N–H and O–H groups in total. The summed E-state index contributed by atoms with van der Waals surface area (Å²) >= 11 is 0. The van der Waals surface area contributed by atoms with Gasteiger partial charge in [0, 0.05) is 31.4 Å². The summed E-state index contributed by atoms with van der Waals surface area (Å²) in [6.07, 6.45) is 1.61. The van der Waals surface area contributed by atoms with Crippen LogP contribution in [0.25, 0.3) is 0 Å². The maximum absolute atomic E-state index is 12.1. The summed E-state index contributed by atoms with van der Waals surface area (Å²) in [7, 11) is 0. The fraction of sp³-hybridized carbons (Fsp3) is 0.500. The van der Waals surface area contributed by atoms with Gasteiger partial charge in [-0.25, -0.2) is 4.98 Å². The van der Waals surface area contributed by atoms with E-state index in [1.54, 1.807) is 23.2 Å². The SMILES string of the molecule is CCNc1cc(C(=O)N(CC)CCO)ccn1. The van der Waals surface area contributed by atoms with E-state index in [0.717, 1.165) is 6.54 Å². The van der Waals surface area contributed by atoms with Crippen molar-refractivity contribution in [2.45, 2.75) is 13.8 Å². The van der Waals surface area contributed by atoms with E-state index in [2.05, 4.69) is 10.3 Å². The smallest absolute Gasteiger partial charge is 0.254 e. The number of hydrogen-bond donors (Lipinski definition) is 2. The fourth-order valence-corrected chi connectivity index (χ4v) is 1.55. The van der Waals surface area contributed by atoms with Gasteiger partial charge in [-0.1, -0.05) is 0 Å². The molecule has 0 saturated heterocycles. The average molecular weight is 237 g/mol. The molecule has 17 heavy (non-hydrogen) atoms. The van der Waals surface area contributed by atoms with Gasteiger partial charge in [-0.15, -0.1) is 0 Å². The highest BCUT2D eigenvalue weighted by molar-refractivity contribution is 5.94. The average Bonchev–Trinajstić information content (AvgIpc) is 2.36. The van der Waals surface area contributed by atoms with Gasteiger partial charge >= 0.3 is 0 Å². The number of nitrogens with one attached hydrogen (secondary N) is 1. The van der Waals surface area contributed by atoms with Crippen molar-refractivity contribution in [3.63, 3.8) is 0 Å². The zero-order chi connectivity index (χ0) is 12.7. The topological polar surface area (TPSA) is 65.5 Å². The lowest BCUT2D eigenvalue weighted by atomic mass is 10.2. The van der Waals surface area contributed by atoms with Gasteiger partial charge < -0.3 is 15.3 Å². The summed E-state index contributed by atoms with van der Waals surface area (Å²) in [4.78, 5) is 17.8. The van der Waals surface area contributed by atoms with E-state index in [0.29, 0.717) is 24.5 Å². The Morgan fingerprint density at radius 1 is 1.53 bits per heavy atom. The zero-order valence-corrected chi connectivity index (χ0v) is 10.3. The first kappa shape index (κ1) is 13.4. The molecule has 0 unspecified atom stereocenters. The predicted molar refractivity (Wildman–Crippen MR) is 67.1 cm³/mol. The van der Waals surface area contributed by atoms with Crippen molar-refractivity contribution < 1.29 is 9.90 Å². The van der Waals surface area contributed by atoms with Gasteiger partial charge in [0.05, 0.1) is 6.61 Å². The Morgan fingerprint density at radius 3 is 2.88 bits per heavy atom. The van der Waals surface area contributed by atoms with Crippen molar-refractivity contribution in [1.29, 1.82) is 0 Å². The number of carbonyl (C=O) groups excluding carboxylic acids is 1. The third-order valence-corrected chi connectivity index (χ3v) is 2.40. The molecule has 0 spiro atoms. The van der Waals surface area contributed by atoms with E-state index in [4.69, 9.17) is 5.11 Å². The number of amides is 1. The van der Waals surface area contributed by atoms with Gasteiger partial charge in [0.25, 0.3) is 5.91 Å². The van der Waals surface area contributed by atoms with Crippen LogP contribution in [0, 0.1) is 0 Å². The first-order chi connectivity index (χ1) is 8.22. The second-order valence-corrected chi connectivity index (χ2v) is 3.57. The summed E-state index contributed by atoms with van der Waals surface area (Å²) in [6.45, 7) is 5.54. The van der Waals surface area contributed by atoms with Crippen LogP contribution in [0.15, 0.2) is 18.3 Å². The van der Waals surface area contributed by atoms with Crippen LogP contribution in [-0.4, -0.2) is 47.1 Å². The molecule has 0 fully saturated rings. The molecule has 0 aliphatic rings. The van der Waals surface area contributed by atoms with Gasteiger partial charge in [-0.2, -0.15) is 0 Å². The molecule has 0 atom stereocenters.